The highest BCUT2D eigenvalue weighted by atomic mass is 16.6. The zero-order valence-corrected chi connectivity index (χ0v) is 16.4. The predicted molar refractivity (Wildman–Crippen MR) is 105 cm³/mol. The first kappa shape index (κ1) is 19.7. The summed E-state index contributed by atoms with van der Waals surface area (Å²) in [6.07, 6.45) is 3.37. The second-order valence-corrected chi connectivity index (χ2v) is 6.76. The Hall–Kier alpha value is -3.04. The van der Waals surface area contributed by atoms with Gasteiger partial charge in [-0.05, 0) is 68.7 Å². The van der Waals surface area contributed by atoms with Gasteiger partial charge in [0.25, 0.3) is 0 Å². The summed E-state index contributed by atoms with van der Waals surface area (Å²) >= 11 is 0. The van der Waals surface area contributed by atoms with Crippen molar-refractivity contribution in [3.05, 3.63) is 52.9 Å². The first-order valence-corrected chi connectivity index (χ1v) is 9.27. The van der Waals surface area contributed by atoms with Crippen LogP contribution in [0, 0.1) is 25.2 Å². The lowest BCUT2D eigenvalue weighted by molar-refractivity contribution is -0.141. The van der Waals surface area contributed by atoms with Crippen molar-refractivity contribution in [2.45, 2.75) is 32.8 Å². The average molecular weight is 380 g/mol. The second kappa shape index (κ2) is 8.77. The molecule has 6 nitrogen and oxygen atoms in total. The predicted octanol–water partition coefficient (Wildman–Crippen LogP) is 3.73. The van der Waals surface area contributed by atoms with Crippen molar-refractivity contribution < 1.29 is 19.0 Å². The molecule has 1 unspecified atom stereocenters. The van der Waals surface area contributed by atoms with Crippen LogP contribution < -0.4 is 4.74 Å². The first-order chi connectivity index (χ1) is 13.5. The molecule has 1 saturated heterocycles. The van der Waals surface area contributed by atoms with Crippen molar-refractivity contribution in [2.75, 3.05) is 20.3 Å². The lowest BCUT2D eigenvalue weighted by atomic mass is 10.1. The number of carbonyl (C=O) groups is 1. The Bertz CT molecular complexity index is 913. The number of methoxy groups -OCH3 is 1. The SMILES string of the molecule is COc1ccc(-n2c(C)cc(/C=C(\C#N)C(=O)OCC3CCCO3)c2C)cc1. The Kier molecular flexibility index (Phi) is 6.17. The molecule has 0 bridgehead atoms. The number of ether oxygens (including phenoxy) is 3. The van der Waals surface area contributed by atoms with Crippen LogP contribution >= 0.6 is 0 Å². The van der Waals surface area contributed by atoms with Crippen molar-refractivity contribution in [2.24, 2.45) is 0 Å². The number of nitrogens with zero attached hydrogens (tertiary/aromatic N) is 2. The molecule has 1 aliphatic heterocycles. The van der Waals surface area contributed by atoms with Crippen molar-refractivity contribution in [1.29, 1.82) is 5.26 Å². The molecule has 0 spiro atoms. The van der Waals surface area contributed by atoms with E-state index < -0.39 is 5.97 Å². The van der Waals surface area contributed by atoms with Crippen molar-refractivity contribution in [3.8, 4) is 17.5 Å². The van der Waals surface area contributed by atoms with Gasteiger partial charge >= 0.3 is 5.97 Å². The fraction of sp³-hybridized carbons (Fsp3) is 0.364. The third-order valence-corrected chi connectivity index (χ3v) is 4.87. The molecule has 0 amide bonds. The maximum Gasteiger partial charge on any atom is 0.348 e. The largest absolute Gasteiger partial charge is 0.497 e. The summed E-state index contributed by atoms with van der Waals surface area (Å²) in [4.78, 5) is 12.3. The van der Waals surface area contributed by atoms with Crippen LogP contribution in [-0.4, -0.2) is 37.0 Å². The standard InChI is InChI=1S/C22H24N2O4/c1-15-11-17(16(2)24(15)19-6-8-20(26-3)9-7-19)12-18(13-23)22(25)28-14-21-5-4-10-27-21/h6-9,11-12,21H,4-5,10,14H2,1-3H3/b18-12+. The number of hydrogen-bond acceptors (Lipinski definition) is 5. The lowest BCUT2D eigenvalue weighted by Gasteiger charge is -2.11. The number of carbonyl (C=O) groups excluding carboxylic acids is 1. The van der Waals surface area contributed by atoms with E-state index in [-0.39, 0.29) is 18.3 Å². The molecular formula is C22H24N2O4. The second-order valence-electron chi connectivity index (χ2n) is 6.76. The van der Waals surface area contributed by atoms with Gasteiger partial charge in [-0.3, -0.25) is 0 Å². The summed E-state index contributed by atoms with van der Waals surface area (Å²) in [6.45, 7) is 4.81. The molecule has 0 aliphatic carbocycles. The highest BCUT2D eigenvalue weighted by Gasteiger charge is 2.20. The Morgan fingerprint density at radius 3 is 2.71 bits per heavy atom. The molecule has 1 aromatic heterocycles. The zero-order valence-electron chi connectivity index (χ0n) is 16.4. The highest BCUT2D eigenvalue weighted by Crippen LogP contribution is 2.24. The van der Waals surface area contributed by atoms with E-state index in [1.165, 1.54) is 0 Å². The molecule has 6 heteroatoms. The smallest absolute Gasteiger partial charge is 0.348 e. The van der Waals surface area contributed by atoms with E-state index in [4.69, 9.17) is 14.2 Å². The molecule has 146 valence electrons. The van der Waals surface area contributed by atoms with Gasteiger partial charge < -0.3 is 18.8 Å². The molecule has 28 heavy (non-hydrogen) atoms. The summed E-state index contributed by atoms with van der Waals surface area (Å²) in [7, 11) is 1.63. The first-order valence-electron chi connectivity index (χ1n) is 9.27. The van der Waals surface area contributed by atoms with E-state index in [1.54, 1.807) is 13.2 Å². The number of aryl methyl sites for hydroxylation is 1. The van der Waals surface area contributed by atoms with Crippen LogP contribution in [0.5, 0.6) is 5.75 Å². The van der Waals surface area contributed by atoms with Crippen molar-refractivity contribution >= 4 is 12.0 Å². The number of hydrogen-bond donors (Lipinski definition) is 0. The normalized spacial score (nSPS) is 16.6. The molecule has 2 heterocycles. The Morgan fingerprint density at radius 1 is 1.36 bits per heavy atom. The molecular weight excluding hydrogens is 356 g/mol. The summed E-state index contributed by atoms with van der Waals surface area (Å²) in [5, 5.41) is 9.42. The number of nitriles is 1. The van der Waals surface area contributed by atoms with Gasteiger partial charge in [0.15, 0.2) is 0 Å². The van der Waals surface area contributed by atoms with E-state index in [0.29, 0.717) is 6.61 Å². The minimum atomic E-state index is -0.618. The minimum absolute atomic E-state index is 0.0204. The number of rotatable bonds is 6. The topological polar surface area (TPSA) is 73.5 Å². The molecule has 1 atom stereocenters. The lowest BCUT2D eigenvalue weighted by Crippen LogP contribution is -2.18. The van der Waals surface area contributed by atoms with Crippen molar-refractivity contribution in [1.82, 2.24) is 4.57 Å². The Labute approximate surface area is 164 Å². The van der Waals surface area contributed by atoms with E-state index in [0.717, 1.165) is 41.2 Å². The van der Waals surface area contributed by atoms with Gasteiger partial charge in [0, 0.05) is 23.7 Å². The summed E-state index contributed by atoms with van der Waals surface area (Å²) in [5.74, 6) is 0.166. The number of benzene rings is 1. The van der Waals surface area contributed by atoms with Crippen LogP contribution in [0.25, 0.3) is 11.8 Å². The quantitative estimate of drug-likeness (QED) is 0.434. The Morgan fingerprint density at radius 2 is 2.11 bits per heavy atom. The summed E-state index contributed by atoms with van der Waals surface area (Å²) < 4.78 is 18.0. The molecule has 0 radical (unpaired) electrons. The van der Waals surface area contributed by atoms with Crippen LogP contribution in [0.1, 0.15) is 29.8 Å². The van der Waals surface area contributed by atoms with Gasteiger partial charge in [-0.2, -0.15) is 5.26 Å². The van der Waals surface area contributed by atoms with Gasteiger partial charge in [0.1, 0.15) is 24.0 Å². The van der Waals surface area contributed by atoms with Crippen LogP contribution in [0.15, 0.2) is 35.9 Å². The van der Waals surface area contributed by atoms with Crippen LogP contribution in [0.4, 0.5) is 0 Å². The van der Waals surface area contributed by atoms with Crippen molar-refractivity contribution in [3.63, 3.8) is 0 Å². The highest BCUT2D eigenvalue weighted by molar-refractivity contribution is 5.98. The fourth-order valence-electron chi connectivity index (χ4n) is 3.38. The Balaban J connectivity index is 1.81. The fourth-order valence-corrected chi connectivity index (χ4v) is 3.38. The molecule has 1 aliphatic rings. The minimum Gasteiger partial charge on any atom is -0.497 e. The summed E-state index contributed by atoms with van der Waals surface area (Å²) in [6, 6.07) is 11.6. The maximum absolute atomic E-state index is 12.3. The van der Waals surface area contributed by atoms with Crippen LogP contribution in [0.2, 0.25) is 0 Å². The third-order valence-electron chi connectivity index (χ3n) is 4.87. The number of aromatic nitrogens is 1. The third kappa shape index (κ3) is 4.26. The van der Waals surface area contributed by atoms with Gasteiger partial charge in [0.2, 0.25) is 0 Å². The van der Waals surface area contributed by atoms with E-state index >= 15 is 0 Å². The van der Waals surface area contributed by atoms with E-state index in [2.05, 4.69) is 4.57 Å². The van der Waals surface area contributed by atoms with Gasteiger partial charge in [-0.15, -0.1) is 0 Å². The van der Waals surface area contributed by atoms with E-state index in [1.807, 2.05) is 50.2 Å². The van der Waals surface area contributed by atoms with Crippen LogP contribution in [0.3, 0.4) is 0 Å². The average Bonchev–Trinajstić information content (AvgIpc) is 3.32. The molecule has 1 aromatic carbocycles. The van der Waals surface area contributed by atoms with Crippen LogP contribution in [-0.2, 0) is 14.3 Å². The molecule has 1 fully saturated rings. The maximum atomic E-state index is 12.3. The molecule has 0 saturated carbocycles. The molecule has 2 aromatic rings. The van der Waals surface area contributed by atoms with Gasteiger partial charge in [0.05, 0.1) is 13.2 Å². The molecule has 3 rings (SSSR count). The van der Waals surface area contributed by atoms with Gasteiger partial charge in [-0.25, -0.2) is 4.79 Å². The molecule has 0 N–H and O–H groups in total. The zero-order chi connectivity index (χ0) is 20.1. The monoisotopic (exact) mass is 380 g/mol. The van der Waals surface area contributed by atoms with Gasteiger partial charge in [-0.1, -0.05) is 0 Å². The number of esters is 1. The summed E-state index contributed by atoms with van der Waals surface area (Å²) in [5.41, 5.74) is 3.70. The van der Waals surface area contributed by atoms with E-state index in [9.17, 15) is 10.1 Å².